The molecule has 0 radical (unpaired) electrons. The maximum absolute atomic E-state index is 12.2. The van der Waals surface area contributed by atoms with Gasteiger partial charge in [0.25, 0.3) is 0 Å². The number of halogens is 1. The van der Waals surface area contributed by atoms with Crippen LogP contribution in [-0.2, 0) is 4.74 Å². The highest BCUT2D eigenvalue weighted by Gasteiger charge is 2.14. The van der Waals surface area contributed by atoms with Gasteiger partial charge in [0, 0.05) is 46.9 Å². The van der Waals surface area contributed by atoms with Gasteiger partial charge in [0.15, 0.2) is 0 Å². The highest BCUT2D eigenvalue weighted by atomic mass is 35.5. The molecule has 3 aromatic rings. The number of carbonyl (C=O) groups excluding carboxylic acids is 1. The van der Waals surface area contributed by atoms with Crippen LogP contribution in [-0.4, -0.2) is 42.3 Å². The lowest BCUT2D eigenvalue weighted by atomic mass is 10.3. The molecule has 0 bridgehead atoms. The molecule has 0 aliphatic carbocycles. The van der Waals surface area contributed by atoms with E-state index in [1.54, 1.807) is 36.4 Å². The van der Waals surface area contributed by atoms with Crippen LogP contribution in [0.3, 0.4) is 0 Å². The average molecular weight is 439 g/mol. The van der Waals surface area contributed by atoms with Crippen LogP contribution in [0.4, 0.5) is 33.6 Å². The number of benzene rings is 2. The zero-order chi connectivity index (χ0) is 21.6. The van der Waals surface area contributed by atoms with Crippen molar-refractivity contribution in [2.75, 3.05) is 47.2 Å². The largest absolute Gasteiger partial charge is 0.378 e. The van der Waals surface area contributed by atoms with E-state index in [-0.39, 0.29) is 6.03 Å². The van der Waals surface area contributed by atoms with Crippen molar-refractivity contribution in [3.05, 3.63) is 65.3 Å². The minimum absolute atomic E-state index is 0.347. The number of ether oxygens (including phenoxy) is 1. The highest BCUT2D eigenvalue weighted by Crippen LogP contribution is 2.21. The Morgan fingerprint density at radius 1 is 0.968 bits per heavy atom. The smallest absolute Gasteiger partial charge is 0.323 e. The van der Waals surface area contributed by atoms with Crippen LogP contribution in [0.1, 0.15) is 5.69 Å². The van der Waals surface area contributed by atoms with Crippen molar-refractivity contribution in [2.24, 2.45) is 0 Å². The first kappa shape index (κ1) is 20.9. The number of hydrogen-bond donors (Lipinski definition) is 3. The normalized spacial score (nSPS) is 13.5. The molecule has 1 aromatic heterocycles. The number of carbonyl (C=O) groups is 1. The third kappa shape index (κ3) is 5.84. The van der Waals surface area contributed by atoms with Crippen LogP contribution >= 0.6 is 11.6 Å². The molecule has 2 heterocycles. The first-order valence-corrected chi connectivity index (χ1v) is 10.3. The van der Waals surface area contributed by atoms with Gasteiger partial charge in [-0.3, -0.25) is 0 Å². The maximum Gasteiger partial charge on any atom is 0.323 e. The number of morpholine rings is 1. The van der Waals surface area contributed by atoms with Crippen LogP contribution in [0.25, 0.3) is 0 Å². The molecular formula is C22H23ClN6O2. The van der Waals surface area contributed by atoms with Crippen LogP contribution in [0, 0.1) is 6.92 Å². The molecule has 0 saturated carbocycles. The van der Waals surface area contributed by atoms with E-state index >= 15 is 0 Å². The first-order valence-electron chi connectivity index (χ1n) is 9.94. The highest BCUT2D eigenvalue weighted by molar-refractivity contribution is 6.30. The van der Waals surface area contributed by atoms with E-state index in [4.69, 9.17) is 16.3 Å². The van der Waals surface area contributed by atoms with Gasteiger partial charge in [-0.2, -0.15) is 4.98 Å². The third-order valence-electron chi connectivity index (χ3n) is 4.66. The fraction of sp³-hybridized carbons (Fsp3) is 0.227. The second-order valence-electron chi connectivity index (χ2n) is 7.08. The van der Waals surface area contributed by atoms with Gasteiger partial charge in [-0.1, -0.05) is 17.7 Å². The summed E-state index contributed by atoms with van der Waals surface area (Å²) in [6, 6.07) is 15.9. The van der Waals surface area contributed by atoms with Crippen molar-refractivity contribution in [3.8, 4) is 0 Å². The topological polar surface area (TPSA) is 91.4 Å². The number of amides is 2. The fourth-order valence-electron chi connectivity index (χ4n) is 3.19. The molecule has 4 rings (SSSR count). The van der Waals surface area contributed by atoms with E-state index in [0.717, 1.165) is 30.3 Å². The lowest BCUT2D eigenvalue weighted by Crippen LogP contribution is -2.36. The molecule has 0 spiro atoms. The Kier molecular flexibility index (Phi) is 6.49. The summed E-state index contributed by atoms with van der Waals surface area (Å²) in [6.07, 6.45) is 0. The van der Waals surface area contributed by atoms with Gasteiger partial charge in [0.05, 0.1) is 13.2 Å². The van der Waals surface area contributed by atoms with E-state index in [9.17, 15) is 4.79 Å². The van der Waals surface area contributed by atoms with Crippen LogP contribution in [0.5, 0.6) is 0 Å². The molecule has 8 nitrogen and oxygen atoms in total. The Labute approximate surface area is 185 Å². The zero-order valence-corrected chi connectivity index (χ0v) is 17.8. The number of hydrogen-bond acceptors (Lipinski definition) is 6. The summed E-state index contributed by atoms with van der Waals surface area (Å²) >= 11 is 5.94. The standard InChI is InChI=1S/C22H23ClN6O2/c1-15-13-20(29-9-11-31-12-10-29)28-21(24-15)25-17-5-7-18(8-6-17)26-22(30)27-19-4-2-3-16(23)14-19/h2-8,13-14H,9-12H2,1H3,(H,24,25,28)(H2,26,27,30). The molecule has 0 unspecified atom stereocenters. The molecular weight excluding hydrogens is 416 g/mol. The second kappa shape index (κ2) is 9.63. The lowest BCUT2D eigenvalue weighted by molar-refractivity contribution is 0.122. The molecule has 1 saturated heterocycles. The molecule has 9 heteroatoms. The summed E-state index contributed by atoms with van der Waals surface area (Å²) in [7, 11) is 0. The van der Waals surface area contributed by atoms with Crippen molar-refractivity contribution in [1.82, 2.24) is 9.97 Å². The van der Waals surface area contributed by atoms with Crippen molar-refractivity contribution in [2.45, 2.75) is 6.92 Å². The summed E-state index contributed by atoms with van der Waals surface area (Å²) in [6.45, 7) is 4.97. The predicted octanol–water partition coefficient (Wildman–Crippen LogP) is 4.66. The maximum atomic E-state index is 12.2. The van der Waals surface area contributed by atoms with Crippen molar-refractivity contribution >= 4 is 46.5 Å². The summed E-state index contributed by atoms with van der Waals surface area (Å²) in [4.78, 5) is 23.5. The number of urea groups is 1. The minimum atomic E-state index is -0.347. The molecule has 160 valence electrons. The summed E-state index contributed by atoms with van der Waals surface area (Å²) < 4.78 is 5.41. The third-order valence-corrected chi connectivity index (χ3v) is 4.89. The molecule has 1 aliphatic heterocycles. The van der Waals surface area contributed by atoms with Crippen molar-refractivity contribution in [1.29, 1.82) is 0 Å². The van der Waals surface area contributed by atoms with Gasteiger partial charge in [0.1, 0.15) is 5.82 Å². The van der Waals surface area contributed by atoms with Crippen molar-refractivity contribution in [3.63, 3.8) is 0 Å². The molecule has 1 fully saturated rings. The molecule has 2 amide bonds. The Morgan fingerprint density at radius 3 is 2.42 bits per heavy atom. The monoisotopic (exact) mass is 438 g/mol. The Bertz CT molecular complexity index is 1050. The van der Waals surface area contributed by atoms with E-state index in [1.165, 1.54) is 0 Å². The van der Waals surface area contributed by atoms with Gasteiger partial charge in [-0.05, 0) is 49.4 Å². The quantitative estimate of drug-likeness (QED) is 0.536. The molecule has 0 atom stereocenters. The van der Waals surface area contributed by atoms with Gasteiger partial charge >= 0.3 is 6.03 Å². The molecule has 3 N–H and O–H groups in total. The number of aryl methyl sites for hydroxylation is 1. The van der Waals surface area contributed by atoms with E-state index in [0.29, 0.717) is 35.6 Å². The number of anilines is 5. The number of rotatable bonds is 5. The minimum Gasteiger partial charge on any atom is -0.378 e. The molecule has 31 heavy (non-hydrogen) atoms. The Morgan fingerprint density at radius 2 is 1.68 bits per heavy atom. The number of nitrogens with one attached hydrogen (secondary N) is 3. The second-order valence-corrected chi connectivity index (χ2v) is 7.52. The number of aromatic nitrogens is 2. The zero-order valence-electron chi connectivity index (χ0n) is 17.1. The van der Waals surface area contributed by atoms with Gasteiger partial charge in [-0.15, -0.1) is 0 Å². The Balaban J connectivity index is 1.38. The SMILES string of the molecule is Cc1cc(N2CCOCC2)nc(Nc2ccc(NC(=O)Nc3cccc(Cl)c3)cc2)n1. The molecule has 1 aliphatic rings. The van der Waals surface area contributed by atoms with Crippen LogP contribution in [0.2, 0.25) is 5.02 Å². The molecule has 2 aromatic carbocycles. The fourth-order valence-corrected chi connectivity index (χ4v) is 3.38. The lowest BCUT2D eigenvalue weighted by Gasteiger charge is -2.28. The van der Waals surface area contributed by atoms with Gasteiger partial charge < -0.3 is 25.6 Å². The Hall–Kier alpha value is -3.36. The van der Waals surface area contributed by atoms with E-state index < -0.39 is 0 Å². The van der Waals surface area contributed by atoms with Gasteiger partial charge in [-0.25, -0.2) is 9.78 Å². The van der Waals surface area contributed by atoms with E-state index in [2.05, 4.69) is 30.8 Å². The van der Waals surface area contributed by atoms with Gasteiger partial charge in [0.2, 0.25) is 5.95 Å². The number of nitrogens with zero attached hydrogens (tertiary/aromatic N) is 3. The summed E-state index contributed by atoms with van der Waals surface area (Å²) in [5.74, 6) is 1.41. The van der Waals surface area contributed by atoms with E-state index in [1.807, 2.05) is 25.1 Å². The first-order chi connectivity index (χ1) is 15.0. The van der Waals surface area contributed by atoms with Crippen molar-refractivity contribution < 1.29 is 9.53 Å². The summed E-state index contributed by atoms with van der Waals surface area (Å²) in [5.41, 5.74) is 2.98. The van der Waals surface area contributed by atoms with Crippen LogP contribution in [0.15, 0.2) is 54.6 Å². The predicted molar refractivity (Wildman–Crippen MR) is 124 cm³/mol. The average Bonchev–Trinajstić information content (AvgIpc) is 2.75. The van der Waals surface area contributed by atoms with Crippen LogP contribution < -0.4 is 20.9 Å². The summed E-state index contributed by atoms with van der Waals surface area (Å²) in [5, 5.41) is 9.32.